The molecule has 0 aromatic heterocycles. The average molecular weight is 486 g/mol. The minimum atomic E-state index is -1.22. The van der Waals surface area contributed by atoms with Gasteiger partial charge in [-0.1, -0.05) is 42.5 Å². The molecule has 2 aromatic rings. The van der Waals surface area contributed by atoms with Crippen molar-refractivity contribution >= 4 is 23.9 Å². The number of rotatable bonds is 10. The van der Waals surface area contributed by atoms with E-state index >= 15 is 0 Å². The van der Waals surface area contributed by atoms with Crippen molar-refractivity contribution in [2.24, 2.45) is 0 Å². The highest BCUT2D eigenvalue weighted by molar-refractivity contribution is 5.92. The van der Waals surface area contributed by atoms with Gasteiger partial charge < -0.3 is 30.9 Å². The van der Waals surface area contributed by atoms with Crippen LogP contribution in [0.15, 0.2) is 54.6 Å². The average Bonchev–Trinajstić information content (AvgIpc) is 2.77. The highest BCUT2D eigenvalue weighted by Crippen LogP contribution is 2.13. The van der Waals surface area contributed by atoms with Gasteiger partial charge in [0, 0.05) is 12.8 Å². The summed E-state index contributed by atoms with van der Waals surface area (Å²) in [5.41, 5.74) is 0.600. The zero-order valence-corrected chi connectivity index (χ0v) is 19.9. The van der Waals surface area contributed by atoms with Crippen molar-refractivity contribution in [3.8, 4) is 5.75 Å². The molecule has 2 atom stereocenters. The van der Waals surface area contributed by atoms with Crippen molar-refractivity contribution in [3.63, 3.8) is 0 Å². The number of aliphatic carboxylic acids is 1. The fourth-order valence-electron chi connectivity index (χ4n) is 3.14. The molecule has 0 saturated carbocycles. The van der Waals surface area contributed by atoms with E-state index < -0.39 is 48.1 Å². The Labute approximate surface area is 203 Å². The van der Waals surface area contributed by atoms with E-state index in [4.69, 9.17) is 9.84 Å². The Morgan fingerprint density at radius 3 is 1.91 bits per heavy atom. The highest BCUT2D eigenvalue weighted by Gasteiger charge is 2.29. The van der Waals surface area contributed by atoms with Gasteiger partial charge in [-0.2, -0.15) is 0 Å². The molecule has 0 radical (unpaired) electrons. The van der Waals surface area contributed by atoms with Crippen molar-refractivity contribution < 1.29 is 34.1 Å². The van der Waals surface area contributed by atoms with Crippen LogP contribution in [0.25, 0.3) is 0 Å². The second-order valence-corrected chi connectivity index (χ2v) is 8.93. The Morgan fingerprint density at radius 1 is 0.829 bits per heavy atom. The summed E-state index contributed by atoms with van der Waals surface area (Å²) in [4.78, 5) is 49.2. The smallest absolute Gasteiger partial charge is 0.408 e. The summed E-state index contributed by atoms with van der Waals surface area (Å²) in [6.45, 7) is 4.45. The number of hydrogen-bond donors (Lipinski definition) is 5. The Hall–Kier alpha value is -4.08. The van der Waals surface area contributed by atoms with Crippen LogP contribution < -0.4 is 16.0 Å². The van der Waals surface area contributed by atoms with Gasteiger partial charge >= 0.3 is 12.1 Å². The van der Waals surface area contributed by atoms with Crippen LogP contribution in [-0.2, 0) is 32.0 Å². The van der Waals surface area contributed by atoms with Crippen LogP contribution in [-0.4, -0.2) is 58.3 Å². The molecule has 2 rings (SSSR count). The van der Waals surface area contributed by atoms with Crippen LogP contribution in [0, 0.1) is 0 Å². The second-order valence-electron chi connectivity index (χ2n) is 8.93. The van der Waals surface area contributed by atoms with Crippen molar-refractivity contribution in [3.05, 3.63) is 65.7 Å². The molecule has 0 heterocycles. The number of carboxylic acid groups (broad SMARTS) is 1. The van der Waals surface area contributed by atoms with E-state index in [1.165, 1.54) is 12.1 Å². The third kappa shape index (κ3) is 10.2. The molecule has 0 fully saturated rings. The number of carbonyl (C=O) groups is 4. The fraction of sp³-hybridized carbons (Fsp3) is 0.360. The number of carboxylic acids is 1. The van der Waals surface area contributed by atoms with Gasteiger partial charge in [-0.3, -0.25) is 14.4 Å². The third-order valence-corrected chi connectivity index (χ3v) is 4.71. The molecule has 0 aliphatic rings. The molecular formula is C25H31N3O7. The van der Waals surface area contributed by atoms with Gasteiger partial charge in [0.25, 0.3) is 0 Å². The molecule has 35 heavy (non-hydrogen) atoms. The van der Waals surface area contributed by atoms with E-state index in [9.17, 15) is 24.3 Å². The van der Waals surface area contributed by atoms with E-state index in [1.807, 2.05) is 0 Å². The lowest BCUT2D eigenvalue weighted by Gasteiger charge is -2.25. The largest absolute Gasteiger partial charge is 0.508 e. The number of benzene rings is 2. The van der Waals surface area contributed by atoms with Crippen molar-refractivity contribution in [2.45, 2.75) is 51.3 Å². The SMILES string of the molecule is CC(C)(C)OC(=O)N[C@H](Cc1ccc(O)cc1)C(=O)N[C@@H](Cc1ccccc1)C(=O)NCC(=O)O. The van der Waals surface area contributed by atoms with E-state index in [0.717, 1.165) is 5.56 Å². The maximum absolute atomic E-state index is 13.2. The highest BCUT2D eigenvalue weighted by atomic mass is 16.6. The van der Waals surface area contributed by atoms with Gasteiger partial charge in [0.2, 0.25) is 11.8 Å². The quantitative estimate of drug-likeness (QED) is 0.343. The van der Waals surface area contributed by atoms with Gasteiger partial charge in [0.15, 0.2) is 0 Å². The normalized spacial score (nSPS) is 12.7. The fourth-order valence-corrected chi connectivity index (χ4v) is 3.14. The van der Waals surface area contributed by atoms with Crippen molar-refractivity contribution in [1.82, 2.24) is 16.0 Å². The van der Waals surface area contributed by atoms with Crippen molar-refractivity contribution in [1.29, 1.82) is 0 Å². The van der Waals surface area contributed by atoms with Crippen LogP contribution >= 0.6 is 0 Å². The predicted octanol–water partition coefficient (Wildman–Crippen LogP) is 1.76. The number of phenols is 1. The lowest BCUT2D eigenvalue weighted by Crippen LogP contribution is -2.55. The topological polar surface area (TPSA) is 154 Å². The van der Waals surface area contributed by atoms with Gasteiger partial charge in [-0.25, -0.2) is 4.79 Å². The molecule has 0 bridgehead atoms. The zero-order valence-electron chi connectivity index (χ0n) is 19.9. The summed E-state index contributed by atoms with van der Waals surface area (Å²) in [7, 11) is 0. The molecule has 0 saturated heterocycles. The van der Waals surface area contributed by atoms with Crippen LogP contribution in [0.1, 0.15) is 31.9 Å². The van der Waals surface area contributed by atoms with Crippen LogP contribution in [0.4, 0.5) is 4.79 Å². The summed E-state index contributed by atoms with van der Waals surface area (Å²) in [6.07, 6.45) is -0.650. The first-order valence-electron chi connectivity index (χ1n) is 11.0. The van der Waals surface area contributed by atoms with Gasteiger partial charge in [-0.05, 0) is 44.0 Å². The first-order chi connectivity index (χ1) is 16.4. The Morgan fingerprint density at radius 2 is 1.37 bits per heavy atom. The predicted molar refractivity (Wildman–Crippen MR) is 128 cm³/mol. The van der Waals surface area contributed by atoms with Gasteiger partial charge in [0.05, 0.1) is 0 Å². The Balaban J connectivity index is 2.24. The van der Waals surface area contributed by atoms with E-state index in [0.29, 0.717) is 5.56 Å². The van der Waals surface area contributed by atoms with Crippen LogP contribution in [0.5, 0.6) is 5.75 Å². The minimum absolute atomic E-state index is 0.0490. The maximum Gasteiger partial charge on any atom is 0.408 e. The number of carbonyl (C=O) groups excluding carboxylic acids is 3. The maximum atomic E-state index is 13.2. The van der Waals surface area contributed by atoms with E-state index in [2.05, 4.69) is 16.0 Å². The summed E-state index contributed by atoms with van der Waals surface area (Å²) in [5.74, 6) is -2.51. The summed E-state index contributed by atoms with van der Waals surface area (Å²) in [6, 6.07) is 12.8. The minimum Gasteiger partial charge on any atom is -0.508 e. The Bertz CT molecular complexity index is 1020. The third-order valence-electron chi connectivity index (χ3n) is 4.71. The van der Waals surface area contributed by atoms with Gasteiger partial charge in [0.1, 0.15) is 30.0 Å². The first-order valence-corrected chi connectivity index (χ1v) is 11.0. The number of amides is 3. The van der Waals surface area contributed by atoms with Crippen LogP contribution in [0.3, 0.4) is 0 Å². The lowest BCUT2D eigenvalue weighted by molar-refractivity contribution is -0.138. The monoisotopic (exact) mass is 485 g/mol. The molecule has 3 amide bonds. The molecule has 10 nitrogen and oxygen atoms in total. The number of nitrogens with one attached hydrogen (secondary N) is 3. The first kappa shape index (κ1) is 27.2. The number of ether oxygens (including phenoxy) is 1. The number of hydrogen-bond acceptors (Lipinski definition) is 6. The summed E-state index contributed by atoms with van der Waals surface area (Å²) < 4.78 is 5.27. The summed E-state index contributed by atoms with van der Waals surface area (Å²) >= 11 is 0. The molecule has 10 heteroatoms. The Kier molecular flexibility index (Phi) is 9.63. The standard InChI is InChI=1S/C25H31N3O7/c1-25(2,3)35-24(34)28-20(14-17-9-11-18(29)12-10-17)23(33)27-19(22(32)26-15-21(30)31)13-16-7-5-4-6-8-16/h4-12,19-20,29H,13-15H2,1-3H3,(H,26,32)(H,27,33)(H,28,34)(H,30,31)/t19-,20+/m0/s1. The van der Waals surface area contributed by atoms with E-state index in [-0.39, 0.29) is 18.6 Å². The summed E-state index contributed by atoms with van der Waals surface area (Å²) in [5, 5.41) is 25.9. The number of alkyl carbamates (subject to hydrolysis) is 1. The second kappa shape index (κ2) is 12.4. The zero-order chi connectivity index (χ0) is 26.0. The number of aromatic hydroxyl groups is 1. The number of phenolic OH excluding ortho intramolecular Hbond substituents is 1. The molecule has 0 aliphatic carbocycles. The lowest BCUT2D eigenvalue weighted by atomic mass is 10.0. The van der Waals surface area contributed by atoms with E-state index in [1.54, 1.807) is 63.2 Å². The molecule has 0 spiro atoms. The molecular weight excluding hydrogens is 454 g/mol. The molecule has 188 valence electrons. The molecule has 0 aliphatic heterocycles. The molecule has 5 N–H and O–H groups in total. The van der Waals surface area contributed by atoms with Crippen molar-refractivity contribution in [2.75, 3.05) is 6.54 Å². The molecule has 0 unspecified atom stereocenters. The van der Waals surface area contributed by atoms with Gasteiger partial charge in [-0.15, -0.1) is 0 Å². The molecule has 2 aromatic carbocycles. The van der Waals surface area contributed by atoms with Crippen LogP contribution in [0.2, 0.25) is 0 Å².